The Kier molecular flexibility index (Phi) is 3.93. The number of amides is 1. The highest BCUT2D eigenvalue weighted by Gasteiger charge is 2.65. The lowest BCUT2D eigenvalue weighted by atomic mass is 9.94. The molecule has 0 aromatic heterocycles. The lowest BCUT2D eigenvalue weighted by Gasteiger charge is -2.32. The zero-order valence-corrected chi connectivity index (χ0v) is 14.5. The molecule has 0 aliphatic carbocycles. The SMILES string of the molecule is CN1C(=O)C2(CC(C#N)C(c3ccc(F)cc3)N2C)SC1(C)C=O. The van der Waals surface area contributed by atoms with Gasteiger partial charge >= 0.3 is 0 Å². The Morgan fingerprint density at radius 3 is 2.50 bits per heavy atom. The second kappa shape index (κ2) is 5.57. The maximum absolute atomic E-state index is 13.2. The van der Waals surface area contributed by atoms with E-state index in [1.807, 2.05) is 4.90 Å². The van der Waals surface area contributed by atoms with Crippen LogP contribution in [0.1, 0.15) is 24.9 Å². The van der Waals surface area contributed by atoms with E-state index < -0.39 is 15.7 Å². The van der Waals surface area contributed by atoms with Crippen molar-refractivity contribution >= 4 is 24.0 Å². The Morgan fingerprint density at radius 2 is 2.00 bits per heavy atom. The average Bonchev–Trinajstić information content (AvgIpc) is 2.96. The molecule has 4 unspecified atom stereocenters. The van der Waals surface area contributed by atoms with Crippen molar-refractivity contribution < 1.29 is 14.0 Å². The minimum Gasteiger partial charge on any atom is -0.322 e. The van der Waals surface area contributed by atoms with Crippen molar-refractivity contribution in [1.82, 2.24) is 9.80 Å². The number of carbonyl (C=O) groups excluding carboxylic acids is 2. The fourth-order valence-corrected chi connectivity index (χ4v) is 5.35. The zero-order valence-electron chi connectivity index (χ0n) is 13.7. The number of likely N-dealkylation sites (tertiary alicyclic amines) is 1. The topological polar surface area (TPSA) is 64.4 Å². The summed E-state index contributed by atoms with van der Waals surface area (Å²) in [6.45, 7) is 1.71. The van der Waals surface area contributed by atoms with Crippen molar-refractivity contribution in [3.05, 3.63) is 35.6 Å². The average molecular weight is 347 g/mol. The maximum Gasteiger partial charge on any atom is 0.254 e. The molecule has 4 atom stereocenters. The summed E-state index contributed by atoms with van der Waals surface area (Å²) in [5.74, 6) is -0.934. The Bertz CT molecular complexity index is 734. The third kappa shape index (κ3) is 2.17. The number of aldehydes is 1. The smallest absolute Gasteiger partial charge is 0.254 e. The van der Waals surface area contributed by atoms with E-state index >= 15 is 0 Å². The van der Waals surface area contributed by atoms with Crippen LogP contribution >= 0.6 is 11.8 Å². The number of nitriles is 1. The van der Waals surface area contributed by atoms with Gasteiger partial charge in [-0.15, -0.1) is 0 Å². The van der Waals surface area contributed by atoms with Gasteiger partial charge in [0.1, 0.15) is 10.7 Å². The normalized spacial score (nSPS) is 36.3. The number of thioether (sulfide) groups is 1. The monoisotopic (exact) mass is 347 g/mol. The van der Waals surface area contributed by atoms with Crippen molar-refractivity contribution in [3.8, 4) is 6.07 Å². The summed E-state index contributed by atoms with van der Waals surface area (Å²) in [7, 11) is 3.40. The molecule has 1 spiro atoms. The van der Waals surface area contributed by atoms with Crippen molar-refractivity contribution in [1.29, 1.82) is 5.26 Å². The molecule has 0 N–H and O–H groups in total. The minimum absolute atomic E-state index is 0.172. The van der Waals surface area contributed by atoms with Crippen LogP contribution in [0.5, 0.6) is 0 Å². The van der Waals surface area contributed by atoms with Crippen LogP contribution in [0.4, 0.5) is 4.39 Å². The highest BCUT2D eigenvalue weighted by Crippen LogP contribution is 2.58. The third-order valence-electron chi connectivity index (χ3n) is 5.14. The van der Waals surface area contributed by atoms with Crippen LogP contribution in [0.2, 0.25) is 0 Å². The van der Waals surface area contributed by atoms with Crippen molar-refractivity contribution in [3.63, 3.8) is 0 Å². The number of nitrogens with zero attached hydrogens (tertiary/aromatic N) is 3. The zero-order chi connectivity index (χ0) is 17.7. The molecule has 1 aromatic carbocycles. The Hall–Kier alpha value is -1.91. The molecule has 7 heteroatoms. The second-order valence-electron chi connectivity index (χ2n) is 6.47. The van der Waals surface area contributed by atoms with Crippen molar-refractivity contribution in [2.75, 3.05) is 14.1 Å². The van der Waals surface area contributed by atoms with Gasteiger partial charge in [0.2, 0.25) is 0 Å². The first-order valence-corrected chi connectivity index (χ1v) is 8.43. The molecule has 0 radical (unpaired) electrons. The van der Waals surface area contributed by atoms with Gasteiger partial charge in [-0.2, -0.15) is 5.26 Å². The van der Waals surface area contributed by atoms with Crippen LogP contribution in [0.25, 0.3) is 0 Å². The van der Waals surface area contributed by atoms with Crippen LogP contribution in [-0.2, 0) is 9.59 Å². The summed E-state index contributed by atoms with van der Waals surface area (Å²) in [6, 6.07) is 7.96. The van der Waals surface area contributed by atoms with Gasteiger partial charge in [-0.3, -0.25) is 14.5 Å². The number of halogens is 1. The summed E-state index contributed by atoms with van der Waals surface area (Å²) in [6.07, 6.45) is 1.10. The number of carbonyl (C=O) groups is 2. The van der Waals surface area contributed by atoms with Gasteiger partial charge < -0.3 is 4.90 Å². The van der Waals surface area contributed by atoms with E-state index in [9.17, 15) is 19.2 Å². The van der Waals surface area contributed by atoms with Gasteiger partial charge in [-0.05, 0) is 31.7 Å². The molecule has 0 saturated carbocycles. The molecule has 126 valence electrons. The van der Waals surface area contributed by atoms with Crippen LogP contribution in [0.15, 0.2) is 24.3 Å². The van der Waals surface area contributed by atoms with E-state index in [-0.39, 0.29) is 17.8 Å². The minimum atomic E-state index is -0.955. The molecule has 2 saturated heterocycles. The molecule has 2 heterocycles. The Balaban J connectivity index is 2.04. The fourth-order valence-electron chi connectivity index (χ4n) is 3.65. The highest BCUT2D eigenvalue weighted by molar-refractivity contribution is 8.03. The molecule has 3 rings (SSSR count). The first-order valence-electron chi connectivity index (χ1n) is 7.62. The van der Waals surface area contributed by atoms with E-state index in [1.54, 1.807) is 33.2 Å². The molecule has 2 aliphatic heterocycles. The molecule has 2 aliphatic rings. The number of likely N-dealkylation sites (N-methyl/N-ethyl adjacent to an activating group) is 2. The summed E-state index contributed by atoms with van der Waals surface area (Å²) < 4.78 is 13.2. The summed E-state index contributed by atoms with van der Waals surface area (Å²) >= 11 is 1.28. The van der Waals surface area contributed by atoms with E-state index in [0.29, 0.717) is 6.42 Å². The molecule has 0 bridgehead atoms. The molecule has 5 nitrogen and oxygen atoms in total. The van der Waals surface area contributed by atoms with Crippen LogP contribution in [0.3, 0.4) is 0 Å². The van der Waals surface area contributed by atoms with Crippen molar-refractivity contribution in [2.45, 2.75) is 29.1 Å². The second-order valence-corrected chi connectivity index (χ2v) is 8.18. The molecule has 1 aromatic rings. The largest absolute Gasteiger partial charge is 0.322 e. The van der Waals surface area contributed by atoms with Gasteiger partial charge in [0.05, 0.1) is 18.0 Å². The predicted octanol–water partition coefficient (Wildman–Crippen LogP) is 2.16. The maximum atomic E-state index is 13.2. The first kappa shape index (κ1) is 16.9. The number of benzene rings is 1. The van der Waals surface area contributed by atoms with E-state index in [2.05, 4.69) is 6.07 Å². The lowest BCUT2D eigenvalue weighted by Crippen LogP contribution is -2.47. The molecular formula is C17H18FN3O2S. The third-order valence-corrected chi connectivity index (χ3v) is 6.89. The molecule has 1 amide bonds. The van der Waals surface area contributed by atoms with Crippen molar-refractivity contribution in [2.24, 2.45) is 5.92 Å². The Morgan fingerprint density at radius 1 is 1.38 bits per heavy atom. The van der Waals surface area contributed by atoms with Crippen LogP contribution in [0, 0.1) is 23.1 Å². The summed E-state index contributed by atoms with van der Waals surface area (Å²) in [4.78, 5) is 25.9. The number of hydrogen-bond donors (Lipinski definition) is 0. The summed E-state index contributed by atoms with van der Waals surface area (Å²) in [5, 5.41) is 9.60. The van der Waals surface area contributed by atoms with Crippen LogP contribution < -0.4 is 0 Å². The molecule has 24 heavy (non-hydrogen) atoms. The van der Waals surface area contributed by atoms with Gasteiger partial charge in [-0.25, -0.2) is 4.39 Å². The molecule has 2 fully saturated rings. The van der Waals surface area contributed by atoms with Gasteiger partial charge in [0, 0.05) is 13.5 Å². The standard InChI is InChI=1S/C17H18FN3O2S/c1-16(10-22)21(3)15(23)17(24-16)8-12(9-19)14(20(17)2)11-4-6-13(18)7-5-11/h4-7,10,12,14H,8H2,1-3H3. The highest BCUT2D eigenvalue weighted by atomic mass is 32.2. The van der Waals surface area contributed by atoms with E-state index in [1.165, 1.54) is 28.8 Å². The predicted molar refractivity (Wildman–Crippen MR) is 88.2 cm³/mol. The first-order chi connectivity index (χ1) is 11.3. The quantitative estimate of drug-likeness (QED) is 0.767. The fraction of sp³-hybridized carbons (Fsp3) is 0.471. The van der Waals surface area contributed by atoms with Gasteiger partial charge in [0.25, 0.3) is 5.91 Å². The van der Waals surface area contributed by atoms with Gasteiger partial charge in [0.15, 0.2) is 11.2 Å². The lowest BCUT2D eigenvalue weighted by molar-refractivity contribution is -0.138. The number of hydrogen-bond acceptors (Lipinski definition) is 5. The van der Waals surface area contributed by atoms with Crippen LogP contribution in [-0.4, -0.2) is 45.8 Å². The summed E-state index contributed by atoms with van der Waals surface area (Å²) in [5.41, 5.74) is 0.790. The van der Waals surface area contributed by atoms with Gasteiger partial charge in [-0.1, -0.05) is 23.9 Å². The number of rotatable bonds is 2. The van der Waals surface area contributed by atoms with E-state index in [0.717, 1.165) is 11.8 Å². The Labute approximate surface area is 144 Å². The molecular weight excluding hydrogens is 329 g/mol. The van der Waals surface area contributed by atoms with E-state index in [4.69, 9.17) is 0 Å².